The van der Waals surface area contributed by atoms with E-state index in [0.29, 0.717) is 24.5 Å². The molecule has 1 fully saturated rings. The fourth-order valence-electron chi connectivity index (χ4n) is 5.23. The molecule has 1 saturated heterocycles. The zero-order valence-corrected chi connectivity index (χ0v) is 24.8. The minimum absolute atomic E-state index is 0. The lowest BCUT2D eigenvalue weighted by atomic mass is 9.92. The van der Waals surface area contributed by atoms with Crippen LogP contribution in [-0.4, -0.2) is 63.5 Å². The molecule has 3 aromatic rings. The van der Waals surface area contributed by atoms with Gasteiger partial charge in [0.25, 0.3) is 0 Å². The summed E-state index contributed by atoms with van der Waals surface area (Å²) in [7, 11) is -0.0122. The third-order valence-corrected chi connectivity index (χ3v) is 9.41. The zero-order chi connectivity index (χ0) is 27.7. The summed E-state index contributed by atoms with van der Waals surface area (Å²) < 4.78 is 33.5. The van der Waals surface area contributed by atoms with Crippen molar-refractivity contribution in [2.24, 2.45) is 5.92 Å². The molecule has 1 heterocycles. The van der Waals surface area contributed by atoms with Crippen molar-refractivity contribution in [1.82, 2.24) is 14.5 Å². The predicted octanol–water partition coefficient (Wildman–Crippen LogP) is 4.90. The molecule has 40 heavy (non-hydrogen) atoms. The zero-order valence-electron chi connectivity index (χ0n) is 23.2. The number of rotatable bonds is 12. The van der Waals surface area contributed by atoms with Crippen molar-refractivity contribution >= 4 is 28.4 Å². The number of carbonyl (C=O) groups is 1. The molecule has 3 atom stereocenters. The normalized spacial score (nSPS) is 18.6. The Hall–Kier alpha value is -2.75. The summed E-state index contributed by atoms with van der Waals surface area (Å²) in [6.45, 7) is 2.24. The van der Waals surface area contributed by atoms with Crippen LogP contribution in [0, 0.1) is 5.92 Å². The number of likely N-dealkylation sites (tertiary alicyclic amines) is 1. The Balaban J connectivity index is 0.00000441. The van der Waals surface area contributed by atoms with Gasteiger partial charge in [-0.2, -0.15) is 0 Å². The lowest BCUT2D eigenvalue weighted by Crippen LogP contribution is -2.51. The van der Waals surface area contributed by atoms with E-state index in [-0.39, 0.29) is 36.4 Å². The van der Waals surface area contributed by atoms with E-state index in [0.717, 1.165) is 37.1 Å². The third kappa shape index (κ3) is 8.38. The van der Waals surface area contributed by atoms with Crippen LogP contribution in [0.2, 0.25) is 0 Å². The van der Waals surface area contributed by atoms with Gasteiger partial charge in [0.15, 0.2) is 0 Å². The van der Waals surface area contributed by atoms with Crippen molar-refractivity contribution in [3.63, 3.8) is 0 Å². The average molecular weight is 586 g/mol. The molecule has 3 unspecified atom stereocenters. The number of carbonyl (C=O) groups excluding carboxylic acids is 1. The van der Waals surface area contributed by atoms with Crippen molar-refractivity contribution in [2.75, 3.05) is 33.7 Å². The molecule has 9 heteroatoms. The highest BCUT2D eigenvalue weighted by Crippen LogP contribution is 2.28. The van der Waals surface area contributed by atoms with Crippen LogP contribution in [0.3, 0.4) is 0 Å². The number of nitrogens with one attached hydrogen (secondary N) is 1. The highest BCUT2D eigenvalue weighted by atomic mass is 35.5. The van der Waals surface area contributed by atoms with Gasteiger partial charge in [-0.25, -0.2) is 12.7 Å². The topological polar surface area (TPSA) is 79.0 Å². The number of nitrogens with zero attached hydrogens (tertiary/aromatic N) is 2. The Morgan fingerprint density at radius 2 is 1.60 bits per heavy atom. The molecule has 0 amide bonds. The maximum absolute atomic E-state index is 13.2. The van der Waals surface area contributed by atoms with Crippen LogP contribution in [0.4, 0.5) is 0 Å². The van der Waals surface area contributed by atoms with Crippen LogP contribution in [0.15, 0.2) is 95.9 Å². The summed E-state index contributed by atoms with van der Waals surface area (Å²) in [6, 6.07) is 28.4. The Bertz CT molecular complexity index is 1280. The summed E-state index contributed by atoms with van der Waals surface area (Å²) in [4.78, 5) is 15.5. The minimum Gasteiger partial charge on any atom is -0.461 e. The van der Waals surface area contributed by atoms with E-state index in [2.05, 4.69) is 22.3 Å². The molecule has 1 aliphatic heterocycles. The first-order valence-electron chi connectivity index (χ1n) is 13.6. The van der Waals surface area contributed by atoms with Gasteiger partial charge < -0.3 is 10.1 Å². The van der Waals surface area contributed by atoms with E-state index < -0.39 is 10.0 Å². The number of hydrogen-bond donors (Lipinski definition) is 1. The molecule has 0 spiro atoms. The first kappa shape index (κ1) is 31.8. The molecule has 1 aliphatic rings. The molecular weight excluding hydrogens is 546 g/mol. The minimum atomic E-state index is -3.59. The van der Waals surface area contributed by atoms with Gasteiger partial charge in [-0.1, -0.05) is 78.9 Å². The van der Waals surface area contributed by atoms with Crippen molar-refractivity contribution in [3.05, 3.63) is 102 Å². The van der Waals surface area contributed by atoms with Gasteiger partial charge in [0, 0.05) is 26.7 Å². The van der Waals surface area contributed by atoms with E-state index in [1.807, 2.05) is 61.6 Å². The van der Waals surface area contributed by atoms with E-state index in [1.54, 1.807) is 31.3 Å². The van der Waals surface area contributed by atoms with Gasteiger partial charge in [0.2, 0.25) is 10.0 Å². The highest BCUT2D eigenvalue weighted by Gasteiger charge is 2.33. The van der Waals surface area contributed by atoms with Gasteiger partial charge in [0.1, 0.15) is 6.61 Å². The Morgan fingerprint density at radius 3 is 2.23 bits per heavy atom. The molecule has 4 rings (SSSR count). The number of benzene rings is 3. The van der Waals surface area contributed by atoms with Crippen molar-refractivity contribution in [2.45, 2.75) is 42.8 Å². The summed E-state index contributed by atoms with van der Waals surface area (Å²) in [5, 5.41) is 3.37. The van der Waals surface area contributed by atoms with Gasteiger partial charge in [0.05, 0.1) is 17.0 Å². The number of piperidine rings is 1. The average Bonchev–Trinajstić information content (AvgIpc) is 2.99. The standard InChI is InChI=1S/C31H39N3O4S.ClH/c1-32-30-22-27(31(35)38-24-25-12-6-3-7-13-25)18-20-34(30)21-19-28(26-14-8-4-9-15-26)23-33(2)39(36,37)29-16-10-5-11-17-29;/h3-17,27-28,30,32H,18-24H2,1-2H3;1H. The van der Waals surface area contributed by atoms with E-state index in [4.69, 9.17) is 4.74 Å². The first-order valence-corrected chi connectivity index (χ1v) is 15.0. The highest BCUT2D eigenvalue weighted by molar-refractivity contribution is 7.89. The maximum Gasteiger partial charge on any atom is 0.309 e. The predicted molar refractivity (Wildman–Crippen MR) is 161 cm³/mol. The Labute approximate surface area is 245 Å². The van der Waals surface area contributed by atoms with E-state index in [9.17, 15) is 13.2 Å². The Morgan fingerprint density at radius 1 is 1.00 bits per heavy atom. The molecule has 0 aliphatic carbocycles. The van der Waals surface area contributed by atoms with Crippen LogP contribution in [0.25, 0.3) is 0 Å². The second kappa shape index (κ2) is 15.3. The number of likely N-dealkylation sites (N-methyl/N-ethyl adjacent to an activating group) is 1. The lowest BCUT2D eigenvalue weighted by Gasteiger charge is -2.39. The number of ether oxygens (including phenoxy) is 1. The largest absolute Gasteiger partial charge is 0.461 e. The molecule has 216 valence electrons. The summed E-state index contributed by atoms with van der Waals surface area (Å²) >= 11 is 0. The number of sulfonamides is 1. The molecule has 7 nitrogen and oxygen atoms in total. The van der Waals surface area contributed by atoms with Crippen molar-refractivity contribution < 1.29 is 17.9 Å². The number of halogens is 1. The second-order valence-electron chi connectivity index (χ2n) is 10.1. The van der Waals surface area contributed by atoms with Crippen LogP contribution >= 0.6 is 12.4 Å². The van der Waals surface area contributed by atoms with Crippen LogP contribution in [0.1, 0.15) is 36.3 Å². The van der Waals surface area contributed by atoms with Crippen molar-refractivity contribution in [3.8, 4) is 0 Å². The molecule has 0 radical (unpaired) electrons. The van der Waals surface area contributed by atoms with Crippen LogP contribution in [0.5, 0.6) is 0 Å². The summed E-state index contributed by atoms with van der Waals surface area (Å²) in [6.07, 6.45) is 2.27. The third-order valence-electron chi connectivity index (χ3n) is 7.57. The fraction of sp³-hybridized carbons (Fsp3) is 0.387. The quantitative estimate of drug-likeness (QED) is 0.305. The molecule has 0 saturated carbocycles. The number of hydrogen-bond acceptors (Lipinski definition) is 6. The molecule has 0 bridgehead atoms. The second-order valence-corrected chi connectivity index (χ2v) is 12.2. The van der Waals surface area contributed by atoms with Gasteiger partial charge in [-0.15, -0.1) is 12.4 Å². The Kier molecular flexibility index (Phi) is 12.2. The molecule has 0 aromatic heterocycles. The molecule has 1 N–H and O–H groups in total. The SMILES string of the molecule is CNC1CC(C(=O)OCc2ccccc2)CCN1CCC(CN(C)S(=O)(=O)c1ccccc1)c1ccccc1.Cl. The smallest absolute Gasteiger partial charge is 0.309 e. The summed E-state index contributed by atoms with van der Waals surface area (Å²) in [5.74, 6) is -0.260. The summed E-state index contributed by atoms with van der Waals surface area (Å²) in [5.41, 5.74) is 2.10. The van der Waals surface area contributed by atoms with E-state index in [1.165, 1.54) is 4.31 Å². The van der Waals surface area contributed by atoms with Crippen molar-refractivity contribution in [1.29, 1.82) is 0 Å². The van der Waals surface area contributed by atoms with Gasteiger partial charge in [-0.05, 0) is 55.5 Å². The number of esters is 1. The molecule has 3 aromatic carbocycles. The lowest BCUT2D eigenvalue weighted by molar-refractivity contribution is -0.152. The maximum atomic E-state index is 13.2. The van der Waals surface area contributed by atoms with Crippen LogP contribution < -0.4 is 5.32 Å². The fourth-order valence-corrected chi connectivity index (χ4v) is 6.47. The molecular formula is C31H40ClN3O4S. The monoisotopic (exact) mass is 585 g/mol. The first-order chi connectivity index (χ1) is 18.9. The van der Waals surface area contributed by atoms with Gasteiger partial charge in [-0.3, -0.25) is 9.69 Å². The van der Waals surface area contributed by atoms with E-state index >= 15 is 0 Å². The van der Waals surface area contributed by atoms with Gasteiger partial charge >= 0.3 is 5.97 Å². The van der Waals surface area contributed by atoms with Crippen LogP contribution in [-0.2, 0) is 26.2 Å².